The third-order valence-corrected chi connectivity index (χ3v) is 4.45. The van der Waals surface area contributed by atoms with Crippen LogP contribution in [0.15, 0.2) is 72.0 Å². The molecule has 0 unspecified atom stereocenters. The standard InChI is InChI=1S/C21H14F3N3O/c22-21(23,24)17-7-2-1-5-15(17)18-12-13-4-3-6-16(19(13)27-18)20(28)26-14-8-10-25-11-9-14/h1-11H,12H2,(H,25,26,28). The summed E-state index contributed by atoms with van der Waals surface area (Å²) in [5, 5.41) is 2.75. The summed E-state index contributed by atoms with van der Waals surface area (Å²) >= 11 is 0. The lowest BCUT2D eigenvalue weighted by molar-refractivity contribution is -0.137. The molecule has 140 valence electrons. The van der Waals surface area contributed by atoms with E-state index in [1.54, 1.807) is 48.8 Å². The third kappa shape index (κ3) is 3.38. The van der Waals surface area contributed by atoms with Gasteiger partial charge in [-0.25, -0.2) is 0 Å². The number of fused-ring (bicyclic) bond motifs is 1. The monoisotopic (exact) mass is 381 g/mol. The molecule has 1 N–H and O–H groups in total. The molecule has 0 saturated heterocycles. The Hall–Kier alpha value is -3.48. The minimum absolute atomic E-state index is 0.0340. The van der Waals surface area contributed by atoms with Crippen molar-refractivity contribution in [2.45, 2.75) is 12.6 Å². The molecule has 2 heterocycles. The highest BCUT2D eigenvalue weighted by atomic mass is 19.4. The van der Waals surface area contributed by atoms with E-state index >= 15 is 0 Å². The molecule has 1 aliphatic heterocycles. The van der Waals surface area contributed by atoms with E-state index in [0.29, 0.717) is 28.2 Å². The second-order valence-corrected chi connectivity index (χ2v) is 6.28. The molecule has 0 fully saturated rings. The molecule has 0 saturated carbocycles. The number of hydrogen-bond donors (Lipinski definition) is 1. The molecule has 0 atom stereocenters. The van der Waals surface area contributed by atoms with Crippen molar-refractivity contribution in [3.05, 3.63) is 89.2 Å². The lowest BCUT2D eigenvalue weighted by atomic mass is 9.98. The van der Waals surface area contributed by atoms with Crippen LogP contribution in [0.25, 0.3) is 0 Å². The fourth-order valence-corrected chi connectivity index (χ4v) is 3.18. The zero-order valence-electron chi connectivity index (χ0n) is 14.5. The van der Waals surface area contributed by atoms with Crippen LogP contribution in [0.5, 0.6) is 0 Å². The Kier molecular flexibility index (Phi) is 4.43. The number of para-hydroxylation sites is 1. The van der Waals surface area contributed by atoms with Crippen molar-refractivity contribution in [1.29, 1.82) is 0 Å². The largest absolute Gasteiger partial charge is 0.417 e. The molecule has 1 aromatic heterocycles. The highest BCUT2D eigenvalue weighted by Gasteiger charge is 2.35. The fourth-order valence-electron chi connectivity index (χ4n) is 3.18. The predicted molar refractivity (Wildman–Crippen MR) is 100.0 cm³/mol. The minimum Gasteiger partial charge on any atom is -0.322 e. The van der Waals surface area contributed by atoms with Gasteiger partial charge in [0, 0.05) is 30.1 Å². The number of pyridine rings is 1. The van der Waals surface area contributed by atoms with E-state index in [0.717, 1.165) is 6.07 Å². The summed E-state index contributed by atoms with van der Waals surface area (Å²) in [6, 6.07) is 13.7. The van der Waals surface area contributed by atoms with Gasteiger partial charge in [0.15, 0.2) is 0 Å². The predicted octanol–water partition coefficient (Wildman–Crippen LogP) is 5.03. The Labute approximate surface area is 158 Å². The first-order chi connectivity index (χ1) is 13.4. The maximum absolute atomic E-state index is 13.4. The van der Waals surface area contributed by atoms with Gasteiger partial charge in [-0.15, -0.1) is 0 Å². The summed E-state index contributed by atoms with van der Waals surface area (Å²) in [4.78, 5) is 21.0. The lowest BCUT2D eigenvalue weighted by Gasteiger charge is -2.12. The SMILES string of the molecule is O=C(Nc1ccncc1)c1cccc2c1N=C(c1ccccc1C(F)(F)F)C2. The van der Waals surface area contributed by atoms with Gasteiger partial charge in [0.1, 0.15) is 0 Å². The van der Waals surface area contributed by atoms with Crippen molar-refractivity contribution in [2.24, 2.45) is 4.99 Å². The van der Waals surface area contributed by atoms with Crippen molar-refractivity contribution in [1.82, 2.24) is 4.98 Å². The quantitative estimate of drug-likeness (QED) is 0.692. The number of aromatic nitrogens is 1. The van der Waals surface area contributed by atoms with Crippen LogP contribution in [0.2, 0.25) is 0 Å². The molecule has 1 aliphatic rings. The molecule has 4 rings (SSSR count). The number of alkyl halides is 3. The van der Waals surface area contributed by atoms with Crippen molar-refractivity contribution >= 4 is 23.0 Å². The molecule has 4 nitrogen and oxygen atoms in total. The molecule has 0 bridgehead atoms. The lowest BCUT2D eigenvalue weighted by Crippen LogP contribution is -2.13. The van der Waals surface area contributed by atoms with Gasteiger partial charge in [0.2, 0.25) is 0 Å². The molecule has 0 aliphatic carbocycles. The van der Waals surface area contributed by atoms with Crippen LogP contribution in [0, 0.1) is 0 Å². The van der Waals surface area contributed by atoms with Gasteiger partial charge >= 0.3 is 6.18 Å². The summed E-state index contributed by atoms with van der Waals surface area (Å²) in [7, 11) is 0. The van der Waals surface area contributed by atoms with Gasteiger partial charge < -0.3 is 5.32 Å². The van der Waals surface area contributed by atoms with E-state index in [1.165, 1.54) is 12.1 Å². The Balaban J connectivity index is 1.71. The first-order valence-electron chi connectivity index (χ1n) is 8.51. The van der Waals surface area contributed by atoms with Gasteiger partial charge in [0.05, 0.1) is 22.5 Å². The van der Waals surface area contributed by atoms with Crippen LogP contribution in [0.3, 0.4) is 0 Å². The molecule has 28 heavy (non-hydrogen) atoms. The van der Waals surface area contributed by atoms with Crippen molar-refractivity contribution in [3.63, 3.8) is 0 Å². The number of amides is 1. The van der Waals surface area contributed by atoms with Crippen LogP contribution < -0.4 is 5.32 Å². The number of anilines is 1. The zero-order valence-corrected chi connectivity index (χ0v) is 14.5. The molecule has 0 spiro atoms. The number of nitrogens with zero attached hydrogens (tertiary/aromatic N) is 2. The van der Waals surface area contributed by atoms with E-state index in [4.69, 9.17) is 0 Å². The van der Waals surface area contributed by atoms with Gasteiger partial charge in [-0.1, -0.05) is 30.3 Å². The van der Waals surface area contributed by atoms with Crippen LogP contribution >= 0.6 is 0 Å². The van der Waals surface area contributed by atoms with E-state index < -0.39 is 11.7 Å². The average molecular weight is 381 g/mol. The molecule has 2 aromatic carbocycles. The normalized spacial score (nSPS) is 13.0. The van der Waals surface area contributed by atoms with Crippen molar-refractivity contribution < 1.29 is 18.0 Å². The average Bonchev–Trinajstić information content (AvgIpc) is 3.12. The molecular weight excluding hydrogens is 367 g/mol. The van der Waals surface area contributed by atoms with Crippen molar-refractivity contribution in [2.75, 3.05) is 5.32 Å². The van der Waals surface area contributed by atoms with Gasteiger partial charge in [0.25, 0.3) is 5.91 Å². The Morgan fingerprint density at radius 1 is 0.964 bits per heavy atom. The topological polar surface area (TPSA) is 54.4 Å². The number of hydrogen-bond acceptors (Lipinski definition) is 3. The first-order valence-corrected chi connectivity index (χ1v) is 8.51. The van der Waals surface area contributed by atoms with E-state index in [9.17, 15) is 18.0 Å². The number of nitrogens with one attached hydrogen (secondary N) is 1. The zero-order chi connectivity index (χ0) is 19.7. The smallest absolute Gasteiger partial charge is 0.322 e. The summed E-state index contributed by atoms with van der Waals surface area (Å²) in [5.74, 6) is -0.378. The van der Waals surface area contributed by atoms with E-state index in [1.807, 2.05) is 0 Å². The minimum atomic E-state index is -4.48. The summed E-state index contributed by atoms with van der Waals surface area (Å²) < 4.78 is 40.1. The fraction of sp³-hybridized carbons (Fsp3) is 0.0952. The van der Waals surface area contributed by atoms with Gasteiger partial charge in [-0.2, -0.15) is 13.2 Å². The van der Waals surface area contributed by atoms with Crippen LogP contribution in [-0.2, 0) is 12.6 Å². The van der Waals surface area contributed by atoms with Crippen LogP contribution in [0.4, 0.5) is 24.5 Å². The Morgan fingerprint density at radius 2 is 1.71 bits per heavy atom. The third-order valence-electron chi connectivity index (χ3n) is 4.45. The van der Waals surface area contributed by atoms with Crippen molar-refractivity contribution in [3.8, 4) is 0 Å². The maximum atomic E-state index is 13.4. The molecular formula is C21H14F3N3O. The second kappa shape index (κ2) is 6.92. The number of rotatable bonds is 3. The summed E-state index contributed by atoms with van der Waals surface area (Å²) in [6.07, 6.45) is -1.14. The molecule has 1 amide bonds. The number of carbonyl (C=O) groups is 1. The van der Waals surface area contributed by atoms with Gasteiger partial charge in [-0.3, -0.25) is 14.8 Å². The number of halogens is 3. The number of carbonyl (C=O) groups excluding carboxylic acids is 1. The number of aliphatic imine (C=N–C) groups is 1. The van der Waals surface area contributed by atoms with Gasteiger partial charge in [-0.05, 0) is 29.8 Å². The first kappa shape index (κ1) is 17.9. The van der Waals surface area contributed by atoms with Crippen LogP contribution in [0.1, 0.15) is 27.0 Å². The Morgan fingerprint density at radius 3 is 2.46 bits per heavy atom. The highest BCUT2D eigenvalue weighted by Crippen LogP contribution is 2.37. The number of benzene rings is 2. The highest BCUT2D eigenvalue weighted by molar-refractivity contribution is 6.13. The molecule has 0 radical (unpaired) electrons. The van der Waals surface area contributed by atoms with Crippen LogP contribution in [-0.4, -0.2) is 16.6 Å². The second-order valence-electron chi connectivity index (χ2n) is 6.28. The Bertz CT molecular complexity index is 1080. The summed E-state index contributed by atoms with van der Waals surface area (Å²) in [5.41, 5.74) is 1.61. The summed E-state index contributed by atoms with van der Waals surface area (Å²) in [6.45, 7) is 0. The van der Waals surface area contributed by atoms with E-state index in [-0.39, 0.29) is 17.9 Å². The molecule has 3 aromatic rings. The van der Waals surface area contributed by atoms with E-state index in [2.05, 4.69) is 15.3 Å². The molecule has 7 heteroatoms. The maximum Gasteiger partial charge on any atom is 0.417 e.